The minimum absolute atomic E-state index is 0.112. The molecule has 0 amide bonds. The van der Waals surface area contributed by atoms with Crippen LogP contribution in [-0.2, 0) is 43.3 Å². The summed E-state index contributed by atoms with van der Waals surface area (Å²) in [5.74, 6) is 0.717. The Hall–Kier alpha value is -7.76. The minimum Gasteiger partial charge on any atom is -0.311 e. The molecule has 0 radical (unpaired) electrons. The first-order valence-electron chi connectivity index (χ1n) is 33.5. The van der Waals surface area contributed by atoms with Gasteiger partial charge in [0.2, 0.25) is 0 Å². The van der Waals surface area contributed by atoms with Gasteiger partial charge in [-0.05, 0) is 205 Å². The number of anilines is 6. The van der Waals surface area contributed by atoms with Gasteiger partial charge in [0.15, 0.2) is 5.82 Å². The zero-order chi connectivity index (χ0) is 65.8. The molecule has 2 aliphatic heterocycles. The number of benzene rings is 9. The van der Waals surface area contributed by atoms with Gasteiger partial charge in [-0.2, -0.15) is 0 Å². The molecule has 0 atom stereocenters. The van der Waals surface area contributed by atoms with Crippen molar-refractivity contribution in [3.8, 4) is 33.9 Å². The lowest BCUT2D eigenvalue weighted by atomic mass is 9.33. The summed E-state index contributed by atoms with van der Waals surface area (Å²) in [6.07, 6.45) is 0. The number of hydrogen-bond acceptors (Lipinski definition) is 4. The van der Waals surface area contributed by atoms with Gasteiger partial charge in [-0.15, -0.1) is 0 Å². The van der Waals surface area contributed by atoms with Crippen LogP contribution < -0.4 is 26.2 Å². The van der Waals surface area contributed by atoms with Crippen molar-refractivity contribution >= 4 is 78.8 Å². The molecule has 0 N–H and O–H groups in total. The van der Waals surface area contributed by atoms with Gasteiger partial charge in [-0.1, -0.05) is 251 Å². The van der Waals surface area contributed by atoms with Crippen LogP contribution in [-0.4, -0.2) is 16.7 Å². The van der Waals surface area contributed by atoms with E-state index in [1.54, 1.807) is 0 Å². The molecule has 10 aromatic rings. The number of nitrogens with zero attached hydrogens (tertiary/aromatic N) is 4. The van der Waals surface area contributed by atoms with E-state index in [9.17, 15) is 0 Å². The molecule has 12 rings (SSSR count). The van der Waals surface area contributed by atoms with Gasteiger partial charge in [0, 0.05) is 50.8 Å². The predicted octanol–water partition coefficient (Wildman–Crippen LogP) is 22.2. The molecule has 0 spiro atoms. The molecule has 1 aromatic heterocycles. The van der Waals surface area contributed by atoms with E-state index in [4.69, 9.17) is 9.97 Å². The number of aromatic nitrogens is 2. The maximum absolute atomic E-state index is 5.95. The van der Waals surface area contributed by atoms with Gasteiger partial charge in [-0.3, -0.25) is 0 Å². The molecule has 4 nitrogen and oxygen atoms in total. The first-order valence-corrected chi connectivity index (χ1v) is 33.5. The van der Waals surface area contributed by atoms with E-state index >= 15 is 0 Å². The molecule has 0 fully saturated rings. The quantitative estimate of drug-likeness (QED) is 0.161. The maximum Gasteiger partial charge on any atom is 0.252 e. The SMILES string of the molecule is CC(C)(C)c1cc(-c2cc(-c3cc4c5c(c3)N(c3cc(C(C)(C)C)cc(C(C)(C)C)c3)c3cc6ccccc6cc3B5c3cc5ccccc5cc3N4c3cc(C(C)(C)C)cc(C(C)(C)C)c3)nc(-c3cc(C(C)(C)C)cc(C(C)(C)C)c3)n2)cc(C(C)(C)C)c1. The molecule has 0 saturated carbocycles. The zero-order valence-corrected chi connectivity index (χ0v) is 59.5. The van der Waals surface area contributed by atoms with Crippen LogP contribution in [0.2, 0.25) is 0 Å². The van der Waals surface area contributed by atoms with Crippen LogP contribution in [0, 0.1) is 0 Å². The first-order chi connectivity index (χ1) is 42.1. The van der Waals surface area contributed by atoms with Gasteiger partial charge < -0.3 is 9.80 Å². The molecule has 0 saturated heterocycles. The fourth-order valence-corrected chi connectivity index (χ4v) is 13.4. The van der Waals surface area contributed by atoms with Crippen LogP contribution in [0.5, 0.6) is 0 Å². The highest BCUT2D eigenvalue weighted by molar-refractivity contribution is 7.00. The summed E-state index contributed by atoms with van der Waals surface area (Å²) in [4.78, 5) is 17.0. The van der Waals surface area contributed by atoms with Crippen LogP contribution in [0.3, 0.4) is 0 Å². The third kappa shape index (κ3) is 12.0. The largest absolute Gasteiger partial charge is 0.311 e. The Morgan fingerprint density at radius 1 is 0.264 bits per heavy atom. The fraction of sp³-hybridized carbons (Fsp3) is 0.372. The van der Waals surface area contributed by atoms with E-state index < -0.39 is 0 Å². The van der Waals surface area contributed by atoms with E-state index in [1.807, 2.05) is 0 Å². The van der Waals surface area contributed by atoms with Crippen molar-refractivity contribution in [1.29, 1.82) is 0 Å². The van der Waals surface area contributed by atoms with Crippen molar-refractivity contribution in [2.45, 2.75) is 209 Å². The lowest BCUT2D eigenvalue weighted by molar-refractivity contribution is 0.568. The normalized spacial score (nSPS) is 14.1. The Bertz CT molecular complexity index is 4140. The summed E-state index contributed by atoms with van der Waals surface area (Å²) >= 11 is 0. The second-order valence-corrected chi connectivity index (χ2v) is 35.1. The summed E-state index contributed by atoms with van der Waals surface area (Å²) in [5, 5.41) is 4.89. The van der Waals surface area contributed by atoms with Crippen LogP contribution in [0.4, 0.5) is 34.1 Å². The number of fused-ring (bicyclic) bond motifs is 6. The molecule has 9 aromatic carbocycles. The highest BCUT2D eigenvalue weighted by Crippen LogP contribution is 2.50. The number of rotatable bonds is 5. The molecule has 5 heteroatoms. The van der Waals surface area contributed by atoms with Crippen LogP contribution >= 0.6 is 0 Å². The van der Waals surface area contributed by atoms with Crippen molar-refractivity contribution in [3.05, 3.63) is 208 Å². The summed E-state index contributed by atoms with van der Waals surface area (Å²) in [6, 6.07) is 64.5. The average Bonchev–Trinajstić information content (AvgIpc) is 0.691. The second-order valence-electron chi connectivity index (χ2n) is 35.1. The van der Waals surface area contributed by atoms with Gasteiger partial charge in [-0.25, -0.2) is 9.97 Å². The Kier molecular flexibility index (Phi) is 14.9. The third-order valence-corrected chi connectivity index (χ3v) is 19.5. The van der Waals surface area contributed by atoms with Crippen LogP contribution in [0.1, 0.15) is 211 Å². The molecular weight excluding hydrogens is 1100 g/mol. The predicted molar refractivity (Wildman–Crippen MR) is 397 cm³/mol. The molecule has 466 valence electrons. The molecule has 2 aliphatic rings. The van der Waals surface area contributed by atoms with Gasteiger partial charge in [0.25, 0.3) is 6.71 Å². The van der Waals surface area contributed by atoms with E-state index in [-0.39, 0.29) is 50.0 Å². The van der Waals surface area contributed by atoms with E-state index in [1.165, 1.54) is 93.8 Å². The summed E-state index contributed by atoms with van der Waals surface area (Å²) in [5.41, 5.74) is 25.1. The monoisotopic (exact) mass is 1200 g/mol. The highest BCUT2D eigenvalue weighted by atomic mass is 15.2. The average molecular weight is 1200 g/mol. The third-order valence-electron chi connectivity index (χ3n) is 19.5. The Labute approximate surface area is 547 Å². The molecule has 91 heavy (non-hydrogen) atoms. The van der Waals surface area contributed by atoms with Crippen LogP contribution in [0.25, 0.3) is 55.4 Å². The maximum atomic E-state index is 5.95. The van der Waals surface area contributed by atoms with Crippen molar-refractivity contribution in [1.82, 2.24) is 9.97 Å². The summed E-state index contributed by atoms with van der Waals surface area (Å²) in [7, 11) is 0. The number of hydrogen-bond donors (Lipinski definition) is 0. The Morgan fingerprint density at radius 3 is 0.824 bits per heavy atom. The van der Waals surface area contributed by atoms with Gasteiger partial charge in [0.05, 0.1) is 11.4 Å². The lowest BCUT2D eigenvalue weighted by Gasteiger charge is -2.45. The smallest absolute Gasteiger partial charge is 0.252 e. The molecular formula is C86H99BN4. The van der Waals surface area contributed by atoms with Crippen molar-refractivity contribution in [3.63, 3.8) is 0 Å². The minimum atomic E-state index is -0.135. The van der Waals surface area contributed by atoms with Crippen molar-refractivity contribution in [2.24, 2.45) is 0 Å². The first kappa shape index (κ1) is 63.4. The Balaban J connectivity index is 1.29. The Morgan fingerprint density at radius 2 is 0.527 bits per heavy atom. The molecule has 3 heterocycles. The van der Waals surface area contributed by atoms with Crippen molar-refractivity contribution < 1.29 is 0 Å². The van der Waals surface area contributed by atoms with E-state index in [0.717, 1.165) is 56.7 Å². The highest BCUT2D eigenvalue weighted by Gasteiger charge is 2.45. The van der Waals surface area contributed by atoms with Crippen LogP contribution in [0.15, 0.2) is 164 Å². The molecule has 0 bridgehead atoms. The second kappa shape index (κ2) is 21.4. The van der Waals surface area contributed by atoms with E-state index in [2.05, 4.69) is 340 Å². The van der Waals surface area contributed by atoms with Crippen molar-refractivity contribution in [2.75, 3.05) is 9.80 Å². The molecule has 0 unspecified atom stereocenters. The summed E-state index contributed by atoms with van der Waals surface area (Å²) in [6.45, 7) is 56.1. The van der Waals surface area contributed by atoms with Gasteiger partial charge >= 0.3 is 0 Å². The van der Waals surface area contributed by atoms with Gasteiger partial charge in [0.1, 0.15) is 0 Å². The lowest BCUT2D eigenvalue weighted by Crippen LogP contribution is -2.61. The zero-order valence-electron chi connectivity index (χ0n) is 59.5. The topological polar surface area (TPSA) is 32.3 Å². The molecule has 0 aliphatic carbocycles. The fourth-order valence-electron chi connectivity index (χ4n) is 13.4. The standard InChI is InChI=1S/C86H99BN4/c1-79(2,3)59-33-56(34-60(43-59)80(4,5)6)71-51-72(89-78(88-71)58-35-61(81(7,8)9)44-62(36-58)82(10,11)12)57-41-75-77-76(42-57)91(68-49-65(85(19,20)21)46-66(50-68)86(22,23)24)74-40-55-32-28-26-30-53(55)38-70(74)87(77)69-37-52-29-25-27-31-54(52)39-73(69)90(75)67-47-63(83(13,14)15)45-64(48-67)84(16,17)18/h25-51H,1-24H3. The van der Waals surface area contributed by atoms with E-state index in [0.29, 0.717) is 0 Å². The summed E-state index contributed by atoms with van der Waals surface area (Å²) < 4.78 is 0.